The molecule has 4 aromatic rings. The Morgan fingerprint density at radius 1 is 0.964 bits per heavy atom. The standard InChI is InChI=1S/C15H8F3N5O4S/c16-15(17,18)14-19-13(22-26-14)8-4-6-9(7-5-8)23-28(24,25)11-3-1-2-10-12(11)21-27-20-10/h1-7,23H. The Balaban J connectivity index is 1.59. The van der Waals surface area contributed by atoms with E-state index in [0.717, 1.165) is 0 Å². The molecular formula is C15H8F3N5O4S. The summed E-state index contributed by atoms with van der Waals surface area (Å²) in [5, 5.41) is 10.4. The van der Waals surface area contributed by atoms with E-state index in [2.05, 4.69) is 34.3 Å². The van der Waals surface area contributed by atoms with Crippen molar-refractivity contribution in [2.75, 3.05) is 4.72 Å². The van der Waals surface area contributed by atoms with Gasteiger partial charge in [-0.05, 0) is 46.7 Å². The molecule has 2 aromatic heterocycles. The summed E-state index contributed by atoms with van der Waals surface area (Å²) in [5.41, 5.74) is 0.718. The number of alkyl halides is 3. The summed E-state index contributed by atoms with van der Waals surface area (Å²) in [6.45, 7) is 0. The summed E-state index contributed by atoms with van der Waals surface area (Å²) in [6, 6.07) is 9.75. The molecule has 2 heterocycles. The molecule has 0 atom stereocenters. The summed E-state index contributed by atoms with van der Waals surface area (Å²) in [6.07, 6.45) is -4.75. The molecule has 0 spiro atoms. The number of halogens is 3. The van der Waals surface area contributed by atoms with Gasteiger partial charge >= 0.3 is 12.1 Å². The van der Waals surface area contributed by atoms with Gasteiger partial charge in [-0.1, -0.05) is 11.2 Å². The third-order valence-electron chi connectivity index (χ3n) is 3.60. The van der Waals surface area contributed by atoms with Crippen LogP contribution < -0.4 is 4.72 Å². The number of rotatable bonds is 4. The van der Waals surface area contributed by atoms with Gasteiger partial charge in [0.05, 0.1) is 0 Å². The summed E-state index contributed by atoms with van der Waals surface area (Å²) < 4.78 is 73.8. The van der Waals surface area contributed by atoms with Crippen molar-refractivity contribution in [3.63, 3.8) is 0 Å². The number of hydrogen-bond donors (Lipinski definition) is 1. The molecule has 0 saturated carbocycles. The summed E-state index contributed by atoms with van der Waals surface area (Å²) in [4.78, 5) is 3.13. The summed E-state index contributed by atoms with van der Waals surface area (Å²) >= 11 is 0. The minimum absolute atomic E-state index is 0.0677. The molecule has 0 amide bonds. The van der Waals surface area contributed by atoms with Gasteiger partial charge in [0.15, 0.2) is 5.52 Å². The topological polar surface area (TPSA) is 124 Å². The number of sulfonamides is 1. The predicted octanol–water partition coefficient (Wildman–Crippen LogP) is 3.09. The van der Waals surface area contributed by atoms with Gasteiger partial charge in [0, 0.05) is 11.3 Å². The van der Waals surface area contributed by atoms with Gasteiger partial charge in [0.2, 0.25) is 5.82 Å². The largest absolute Gasteiger partial charge is 0.471 e. The van der Waals surface area contributed by atoms with E-state index in [4.69, 9.17) is 0 Å². The van der Waals surface area contributed by atoms with E-state index >= 15 is 0 Å². The van der Waals surface area contributed by atoms with Crippen LogP contribution in [0.25, 0.3) is 22.4 Å². The smallest absolute Gasteiger partial charge is 0.329 e. The number of aromatic nitrogens is 4. The van der Waals surface area contributed by atoms with Gasteiger partial charge in [-0.25, -0.2) is 13.0 Å². The second kappa shape index (κ2) is 6.30. The average Bonchev–Trinajstić information content (AvgIpc) is 3.31. The molecule has 4 rings (SSSR count). The van der Waals surface area contributed by atoms with Crippen molar-refractivity contribution >= 4 is 26.7 Å². The SMILES string of the molecule is O=S(=O)(Nc1ccc(-c2noc(C(F)(F)F)n2)cc1)c1cccc2nonc12. The third-order valence-corrected chi connectivity index (χ3v) is 5.02. The zero-order chi connectivity index (χ0) is 19.9. The second-order valence-corrected chi connectivity index (χ2v) is 7.14. The van der Waals surface area contributed by atoms with Crippen molar-refractivity contribution in [2.45, 2.75) is 11.1 Å². The van der Waals surface area contributed by atoms with Gasteiger partial charge in [0.25, 0.3) is 10.0 Å². The quantitative estimate of drug-likeness (QED) is 0.543. The first kappa shape index (κ1) is 17.9. The minimum Gasteiger partial charge on any atom is -0.329 e. The molecule has 0 saturated heterocycles. The lowest BCUT2D eigenvalue weighted by Crippen LogP contribution is -2.13. The first-order chi connectivity index (χ1) is 13.2. The molecule has 0 fully saturated rings. The Hall–Kier alpha value is -3.48. The molecule has 0 aliphatic carbocycles. The lowest BCUT2D eigenvalue weighted by Gasteiger charge is -2.08. The maximum absolute atomic E-state index is 12.6. The van der Waals surface area contributed by atoms with E-state index in [1.54, 1.807) is 6.07 Å². The van der Waals surface area contributed by atoms with Crippen molar-refractivity contribution in [3.8, 4) is 11.4 Å². The molecular weight excluding hydrogens is 403 g/mol. The van der Waals surface area contributed by atoms with E-state index < -0.39 is 22.1 Å². The van der Waals surface area contributed by atoms with Crippen LogP contribution in [0.2, 0.25) is 0 Å². The molecule has 0 radical (unpaired) electrons. The molecule has 0 unspecified atom stereocenters. The molecule has 28 heavy (non-hydrogen) atoms. The molecule has 1 N–H and O–H groups in total. The van der Waals surface area contributed by atoms with Crippen LogP contribution in [0, 0.1) is 0 Å². The number of hydrogen-bond acceptors (Lipinski definition) is 8. The highest BCUT2D eigenvalue weighted by Gasteiger charge is 2.38. The van der Waals surface area contributed by atoms with Gasteiger partial charge in [0.1, 0.15) is 10.4 Å². The van der Waals surface area contributed by atoms with Crippen molar-refractivity contribution < 1.29 is 30.7 Å². The Labute approximate surface area is 154 Å². The van der Waals surface area contributed by atoms with Crippen molar-refractivity contribution in [1.29, 1.82) is 0 Å². The van der Waals surface area contributed by atoms with Crippen molar-refractivity contribution in [2.24, 2.45) is 0 Å². The normalized spacial score (nSPS) is 12.4. The second-order valence-electron chi connectivity index (χ2n) is 5.49. The highest BCUT2D eigenvalue weighted by atomic mass is 32.2. The molecule has 144 valence electrons. The Morgan fingerprint density at radius 3 is 2.39 bits per heavy atom. The number of anilines is 1. The Kier molecular flexibility index (Phi) is 4.03. The van der Waals surface area contributed by atoms with Crippen molar-refractivity contribution in [3.05, 3.63) is 48.4 Å². The fourth-order valence-corrected chi connectivity index (χ4v) is 3.56. The van der Waals surface area contributed by atoms with E-state index in [0.29, 0.717) is 0 Å². The van der Waals surface area contributed by atoms with Crippen LogP contribution in [0.1, 0.15) is 5.89 Å². The van der Waals surface area contributed by atoms with Crippen LogP contribution in [0.5, 0.6) is 0 Å². The molecule has 13 heteroatoms. The summed E-state index contributed by atoms with van der Waals surface area (Å²) in [5.74, 6) is -1.75. The Morgan fingerprint density at radius 2 is 1.71 bits per heavy atom. The first-order valence-corrected chi connectivity index (χ1v) is 8.98. The van der Waals surface area contributed by atoms with E-state index in [1.807, 2.05) is 0 Å². The van der Waals surface area contributed by atoms with Crippen LogP contribution in [0.3, 0.4) is 0 Å². The molecule has 0 aliphatic rings. The summed E-state index contributed by atoms with van der Waals surface area (Å²) in [7, 11) is -4.01. The average molecular weight is 411 g/mol. The predicted molar refractivity (Wildman–Crippen MR) is 87.3 cm³/mol. The van der Waals surface area contributed by atoms with Gasteiger partial charge in [-0.2, -0.15) is 18.2 Å². The number of nitrogens with one attached hydrogen (secondary N) is 1. The maximum Gasteiger partial charge on any atom is 0.471 e. The van der Waals surface area contributed by atoms with Crippen LogP contribution in [-0.4, -0.2) is 28.9 Å². The number of fused-ring (bicyclic) bond motifs is 1. The fourth-order valence-electron chi connectivity index (χ4n) is 2.35. The van der Waals surface area contributed by atoms with Gasteiger partial charge < -0.3 is 4.52 Å². The molecule has 2 aromatic carbocycles. The van der Waals surface area contributed by atoms with E-state index in [1.165, 1.54) is 36.4 Å². The van der Waals surface area contributed by atoms with Crippen LogP contribution in [0.15, 0.2) is 56.5 Å². The monoisotopic (exact) mass is 411 g/mol. The van der Waals surface area contributed by atoms with Gasteiger partial charge in [-0.15, -0.1) is 0 Å². The Bertz CT molecular complexity index is 1250. The first-order valence-electron chi connectivity index (χ1n) is 7.49. The highest BCUT2D eigenvalue weighted by molar-refractivity contribution is 7.93. The van der Waals surface area contributed by atoms with Crippen molar-refractivity contribution in [1.82, 2.24) is 20.5 Å². The maximum atomic E-state index is 12.6. The van der Waals surface area contributed by atoms with Crippen LogP contribution >= 0.6 is 0 Å². The molecule has 9 nitrogen and oxygen atoms in total. The minimum atomic E-state index is -4.75. The van der Waals surface area contributed by atoms with Crippen LogP contribution in [0.4, 0.5) is 18.9 Å². The third kappa shape index (κ3) is 3.26. The number of nitrogens with zero attached hydrogens (tertiary/aromatic N) is 4. The molecule has 0 aliphatic heterocycles. The zero-order valence-corrected chi connectivity index (χ0v) is 14.3. The highest BCUT2D eigenvalue weighted by Crippen LogP contribution is 2.30. The number of benzene rings is 2. The fraction of sp³-hybridized carbons (Fsp3) is 0.0667. The zero-order valence-electron chi connectivity index (χ0n) is 13.5. The van der Waals surface area contributed by atoms with Crippen LogP contribution in [-0.2, 0) is 16.2 Å². The lowest BCUT2D eigenvalue weighted by molar-refractivity contribution is -0.159. The molecule has 0 bridgehead atoms. The van der Waals surface area contributed by atoms with E-state index in [9.17, 15) is 21.6 Å². The van der Waals surface area contributed by atoms with E-state index in [-0.39, 0.29) is 33.0 Å². The lowest BCUT2D eigenvalue weighted by atomic mass is 10.2. The van der Waals surface area contributed by atoms with Gasteiger partial charge in [-0.3, -0.25) is 4.72 Å².